The molecule has 0 aromatic carbocycles. The molecule has 1 aliphatic rings. The number of nitrogens with two attached hydrogens (primary N) is 1. The van der Waals surface area contributed by atoms with Crippen molar-refractivity contribution in [3.63, 3.8) is 0 Å². The number of rotatable bonds is 4. The summed E-state index contributed by atoms with van der Waals surface area (Å²) in [5.41, 5.74) is 5.83. The maximum atomic E-state index is 5.83. The van der Waals surface area contributed by atoms with Crippen LogP contribution in [-0.2, 0) is 0 Å². The molecule has 1 rings (SSSR count). The van der Waals surface area contributed by atoms with Crippen LogP contribution in [-0.4, -0.2) is 18.5 Å². The van der Waals surface area contributed by atoms with Crippen LogP contribution in [0.25, 0.3) is 0 Å². The Labute approximate surface area is 123 Å². The molecule has 0 radical (unpaired) electrons. The van der Waals surface area contributed by atoms with Crippen molar-refractivity contribution in [3.05, 3.63) is 0 Å². The van der Waals surface area contributed by atoms with Gasteiger partial charge in [0.1, 0.15) is 0 Å². The molecule has 4 heteroatoms. The third-order valence-corrected chi connectivity index (χ3v) is 3.66. The molecule has 0 spiro atoms. The van der Waals surface area contributed by atoms with Crippen LogP contribution in [0.2, 0.25) is 0 Å². The highest BCUT2D eigenvalue weighted by atomic mass is 127. The van der Waals surface area contributed by atoms with E-state index < -0.39 is 0 Å². The van der Waals surface area contributed by atoms with Gasteiger partial charge in [0.2, 0.25) is 0 Å². The van der Waals surface area contributed by atoms with Crippen molar-refractivity contribution in [1.29, 1.82) is 0 Å². The summed E-state index contributed by atoms with van der Waals surface area (Å²) in [7, 11) is 0. The molecule has 102 valence electrons. The second kappa shape index (κ2) is 9.00. The number of aliphatic imine (C=N–C) groups is 1. The Hall–Kier alpha value is 0. The smallest absolute Gasteiger partial charge is 0.188 e. The lowest BCUT2D eigenvalue weighted by Gasteiger charge is -2.25. The van der Waals surface area contributed by atoms with Gasteiger partial charge in [0, 0.05) is 12.6 Å². The third kappa shape index (κ3) is 7.11. The van der Waals surface area contributed by atoms with Gasteiger partial charge < -0.3 is 11.1 Å². The number of hydrogen-bond acceptors (Lipinski definition) is 1. The maximum Gasteiger partial charge on any atom is 0.188 e. The average Bonchev–Trinajstić information content (AvgIpc) is 2.28. The summed E-state index contributed by atoms with van der Waals surface area (Å²) in [5, 5.41) is 3.21. The first-order valence-electron chi connectivity index (χ1n) is 6.68. The zero-order valence-electron chi connectivity index (χ0n) is 11.4. The lowest BCUT2D eigenvalue weighted by molar-refractivity contribution is 0.296. The van der Waals surface area contributed by atoms with Gasteiger partial charge >= 0.3 is 0 Å². The van der Waals surface area contributed by atoms with Gasteiger partial charge in [-0.3, -0.25) is 4.99 Å². The van der Waals surface area contributed by atoms with E-state index in [9.17, 15) is 0 Å². The number of guanidine groups is 1. The van der Waals surface area contributed by atoms with E-state index in [1.165, 1.54) is 25.7 Å². The molecule has 0 heterocycles. The monoisotopic (exact) mass is 353 g/mol. The van der Waals surface area contributed by atoms with Gasteiger partial charge in [-0.15, -0.1) is 24.0 Å². The molecule has 1 fully saturated rings. The van der Waals surface area contributed by atoms with Gasteiger partial charge in [-0.25, -0.2) is 0 Å². The molecule has 1 saturated carbocycles. The van der Waals surface area contributed by atoms with Gasteiger partial charge in [0.25, 0.3) is 0 Å². The lowest BCUT2D eigenvalue weighted by atomic mass is 9.83. The van der Waals surface area contributed by atoms with E-state index in [4.69, 9.17) is 5.73 Å². The van der Waals surface area contributed by atoms with Crippen molar-refractivity contribution < 1.29 is 0 Å². The molecule has 0 saturated heterocycles. The summed E-state index contributed by atoms with van der Waals surface area (Å²) >= 11 is 0. The van der Waals surface area contributed by atoms with Crippen molar-refractivity contribution in [2.45, 2.75) is 58.9 Å². The molecule has 1 atom stereocenters. The van der Waals surface area contributed by atoms with Crippen LogP contribution >= 0.6 is 24.0 Å². The van der Waals surface area contributed by atoms with Crippen molar-refractivity contribution in [3.8, 4) is 0 Å². The molecular formula is C13H28IN3. The molecule has 3 nitrogen and oxygen atoms in total. The standard InChI is InChI=1S/C13H27N3.HI/c1-4-11(3)16-13(14)15-9-12-7-5-10(2)6-8-12;/h10-12H,4-9H2,1-3H3,(H3,14,15,16);1H. The summed E-state index contributed by atoms with van der Waals surface area (Å²) in [6, 6.07) is 0.426. The van der Waals surface area contributed by atoms with Crippen molar-refractivity contribution in [1.82, 2.24) is 5.32 Å². The van der Waals surface area contributed by atoms with Gasteiger partial charge in [-0.2, -0.15) is 0 Å². The highest BCUT2D eigenvalue weighted by molar-refractivity contribution is 14.0. The molecule has 0 aromatic rings. The van der Waals surface area contributed by atoms with E-state index in [2.05, 4.69) is 31.1 Å². The largest absolute Gasteiger partial charge is 0.370 e. The van der Waals surface area contributed by atoms with Crippen LogP contribution in [0, 0.1) is 11.8 Å². The minimum absolute atomic E-state index is 0. The highest BCUT2D eigenvalue weighted by Crippen LogP contribution is 2.28. The average molecular weight is 353 g/mol. The number of hydrogen-bond donors (Lipinski definition) is 2. The Bertz CT molecular complexity index is 223. The van der Waals surface area contributed by atoms with Crippen LogP contribution in [0.3, 0.4) is 0 Å². The van der Waals surface area contributed by atoms with Crippen LogP contribution in [0.5, 0.6) is 0 Å². The Morgan fingerprint density at radius 3 is 2.47 bits per heavy atom. The fourth-order valence-corrected chi connectivity index (χ4v) is 2.14. The van der Waals surface area contributed by atoms with Crippen molar-refractivity contribution in [2.24, 2.45) is 22.6 Å². The minimum atomic E-state index is 0. The normalized spacial score (nSPS) is 27.1. The predicted molar refractivity (Wildman–Crippen MR) is 85.9 cm³/mol. The molecule has 17 heavy (non-hydrogen) atoms. The summed E-state index contributed by atoms with van der Waals surface area (Å²) < 4.78 is 0. The van der Waals surface area contributed by atoms with Gasteiger partial charge in [-0.1, -0.05) is 26.7 Å². The lowest BCUT2D eigenvalue weighted by Crippen LogP contribution is -2.38. The molecule has 0 aromatic heterocycles. The van der Waals surface area contributed by atoms with E-state index in [-0.39, 0.29) is 24.0 Å². The molecule has 0 aliphatic heterocycles. The molecule has 1 unspecified atom stereocenters. The van der Waals surface area contributed by atoms with Crippen molar-refractivity contribution >= 4 is 29.9 Å². The molecule has 0 amide bonds. The first-order valence-corrected chi connectivity index (χ1v) is 6.68. The summed E-state index contributed by atoms with van der Waals surface area (Å²) in [6.07, 6.45) is 6.44. The van der Waals surface area contributed by atoms with Crippen LogP contribution in [0.15, 0.2) is 4.99 Å². The fraction of sp³-hybridized carbons (Fsp3) is 0.923. The summed E-state index contributed by atoms with van der Waals surface area (Å²) in [4.78, 5) is 4.44. The van der Waals surface area contributed by atoms with Crippen LogP contribution in [0.4, 0.5) is 0 Å². The topological polar surface area (TPSA) is 50.4 Å². The Morgan fingerprint density at radius 1 is 1.35 bits per heavy atom. The van der Waals surface area contributed by atoms with E-state index in [1.807, 2.05) is 0 Å². The third-order valence-electron chi connectivity index (χ3n) is 3.66. The van der Waals surface area contributed by atoms with E-state index >= 15 is 0 Å². The fourth-order valence-electron chi connectivity index (χ4n) is 2.14. The second-order valence-electron chi connectivity index (χ2n) is 5.31. The van der Waals surface area contributed by atoms with Gasteiger partial charge in [0.15, 0.2) is 5.96 Å². The molecular weight excluding hydrogens is 325 g/mol. The van der Waals surface area contributed by atoms with E-state index in [1.54, 1.807) is 0 Å². The maximum absolute atomic E-state index is 5.83. The van der Waals surface area contributed by atoms with E-state index in [0.717, 1.165) is 24.8 Å². The number of nitrogens with one attached hydrogen (secondary N) is 1. The SMILES string of the molecule is CCC(C)NC(N)=NCC1CCC(C)CC1.I. The van der Waals surface area contributed by atoms with Gasteiger partial charge in [-0.05, 0) is 38.0 Å². The van der Waals surface area contributed by atoms with Crippen LogP contribution in [0.1, 0.15) is 52.9 Å². The quantitative estimate of drug-likeness (QED) is 0.464. The predicted octanol–water partition coefficient (Wildman–Crippen LogP) is 3.13. The first-order chi connectivity index (χ1) is 7.61. The summed E-state index contributed by atoms with van der Waals surface area (Å²) in [5.74, 6) is 2.29. The first kappa shape index (κ1) is 17.0. The Balaban J connectivity index is 0.00000256. The highest BCUT2D eigenvalue weighted by Gasteiger charge is 2.17. The Kier molecular flexibility index (Phi) is 9.00. The zero-order chi connectivity index (χ0) is 12.0. The molecule has 3 N–H and O–H groups in total. The minimum Gasteiger partial charge on any atom is -0.370 e. The van der Waals surface area contributed by atoms with Gasteiger partial charge in [0.05, 0.1) is 0 Å². The zero-order valence-corrected chi connectivity index (χ0v) is 13.7. The van der Waals surface area contributed by atoms with Crippen LogP contribution < -0.4 is 11.1 Å². The second-order valence-corrected chi connectivity index (χ2v) is 5.31. The number of halogens is 1. The molecule has 1 aliphatic carbocycles. The van der Waals surface area contributed by atoms with Crippen molar-refractivity contribution in [2.75, 3.05) is 6.54 Å². The summed E-state index contributed by atoms with van der Waals surface area (Å²) in [6.45, 7) is 7.53. The number of nitrogens with zero attached hydrogens (tertiary/aromatic N) is 1. The van der Waals surface area contributed by atoms with E-state index in [0.29, 0.717) is 12.0 Å². The molecule has 0 bridgehead atoms. The Morgan fingerprint density at radius 2 is 1.94 bits per heavy atom.